The van der Waals surface area contributed by atoms with Crippen LogP contribution >= 0.6 is 22.7 Å². The van der Waals surface area contributed by atoms with Gasteiger partial charge in [-0.1, -0.05) is 37.3 Å². The van der Waals surface area contributed by atoms with Crippen molar-refractivity contribution in [1.29, 1.82) is 5.26 Å². The third-order valence-electron chi connectivity index (χ3n) is 3.64. The minimum Gasteiger partial charge on any atom is -0.316 e. The standard InChI is InChI=1S/C19H17N3OS2/c1-2-16-9-14(11-20)19(25-16)22-17(23)10-15-12-24-18(21-15)8-13-6-4-3-5-7-13/h3-7,9,12H,2,8,10H2,1H3,(H,22,23). The molecule has 25 heavy (non-hydrogen) atoms. The monoisotopic (exact) mass is 367 g/mol. The molecule has 0 aliphatic heterocycles. The number of hydrogen-bond donors (Lipinski definition) is 1. The summed E-state index contributed by atoms with van der Waals surface area (Å²) in [6, 6.07) is 14.1. The second-order valence-electron chi connectivity index (χ2n) is 5.54. The molecule has 0 saturated carbocycles. The molecule has 6 heteroatoms. The van der Waals surface area contributed by atoms with Gasteiger partial charge in [0, 0.05) is 16.7 Å². The van der Waals surface area contributed by atoms with Crippen LogP contribution in [0, 0.1) is 11.3 Å². The highest BCUT2D eigenvalue weighted by Gasteiger charge is 2.13. The Kier molecular flexibility index (Phi) is 5.59. The van der Waals surface area contributed by atoms with Crippen LogP contribution in [-0.2, 0) is 24.1 Å². The highest BCUT2D eigenvalue weighted by atomic mass is 32.1. The molecular weight excluding hydrogens is 350 g/mol. The average Bonchev–Trinajstić information content (AvgIpc) is 3.22. The molecule has 126 valence electrons. The number of aryl methyl sites for hydroxylation is 1. The molecule has 0 aliphatic carbocycles. The first-order valence-electron chi connectivity index (χ1n) is 7.97. The largest absolute Gasteiger partial charge is 0.316 e. The Morgan fingerprint density at radius 3 is 2.84 bits per heavy atom. The van der Waals surface area contributed by atoms with E-state index < -0.39 is 0 Å². The molecule has 2 aromatic heterocycles. The molecule has 2 heterocycles. The van der Waals surface area contributed by atoms with Crippen molar-refractivity contribution in [2.45, 2.75) is 26.2 Å². The first-order chi connectivity index (χ1) is 12.2. The molecule has 1 N–H and O–H groups in total. The fourth-order valence-electron chi connectivity index (χ4n) is 2.41. The lowest BCUT2D eigenvalue weighted by molar-refractivity contribution is -0.115. The van der Waals surface area contributed by atoms with E-state index in [1.165, 1.54) is 16.9 Å². The zero-order valence-corrected chi connectivity index (χ0v) is 15.4. The zero-order valence-electron chi connectivity index (χ0n) is 13.8. The number of thiophene rings is 1. The topological polar surface area (TPSA) is 65.8 Å². The van der Waals surface area contributed by atoms with Crippen molar-refractivity contribution < 1.29 is 4.79 Å². The van der Waals surface area contributed by atoms with Crippen LogP contribution in [-0.4, -0.2) is 10.9 Å². The lowest BCUT2D eigenvalue weighted by atomic mass is 10.2. The van der Waals surface area contributed by atoms with Gasteiger partial charge in [-0.15, -0.1) is 22.7 Å². The van der Waals surface area contributed by atoms with Gasteiger partial charge >= 0.3 is 0 Å². The number of carbonyl (C=O) groups excluding carboxylic acids is 1. The molecule has 0 spiro atoms. The Morgan fingerprint density at radius 1 is 1.32 bits per heavy atom. The first-order valence-corrected chi connectivity index (χ1v) is 9.67. The van der Waals surface area contributed by atoms with Crippen molar-refractivity contribution in [2.24, 2.45) is 0 Å². The number of amides is 1. The minimum absolute atomic E-state index is 0.141. The van der Waals surface area contributed by atoms with Crippen molar-refractivity contribution in [1.82, 2.24) is 4.98 Å². The van der Waals surface area contributed by atoms with E-state index in [-0.39, 0.29) is 12.3 Å². The van der Waals surface area contributed by atoms with E-state index in [1.807, 2.05) is 36.6 Å². The van der Waals surface area contributed by atoms with Gasteiger partial charge < -0.3 is 5.32 Å². The molecule has 1 aromatic carbocycles. The summed E-state index contributed by atoms with van der Waals surface area (Å²) in [6.07, 6.45) is 1.84. The van der Waals surface area contributed by atoms with Gasteiger partial charge in [0.25, 0.3) is 0 Å². The molecule has 4 nitrogen and oxygen atoms in total. The van der Waals surface area contributed by atoms with E-state index >= 15 is 0 Å². The Hall–Kier alpha value is -2.49. The summed E-state index contributed by atoms with van der Waals surface area (Å²) < 4.78 is 0. The van der Waals surface area contributed by atoms with Gasteiger partial charge in [-0.2, -0.15) is 5.26 Å². The zero-order chi connectivity index (χ0) is 17.6. The number of aromatic nitrogens is 1. The predicted molar refractivity (Wildman–Crippen MR) is 102 cm³/mol. The SMILES string of the molecule is CCc1cc(C#N)c(NC(=O)Cc2csc(Cc3ccccc3)n2)s1. The van der Waals surface area contributed by atoms with E-state index in [4.69, 9.17) is 5.26 Å². The van der Waals surface area contributed by atoms with Crippen molar-refractivity contribution in [2.75, 3.05) is 5.32 Å². The lowest BCUT2D eigenvalue weighted by Gasteiger charge is -2.01. The Labute approximate surface area is 154 Å². The van der Waals surface area contributed by atoms with Gasteiger partial charge in [0.15, 0.2) is 0 Å². The van der Waals surface area contributed by atoms with Crippen LogP contribution in [0.3, 0.4) is 0 Å². The molecule has 0 unspecified atom stereocenters. The normalized spacial score (nSPS) is 10.4. The number of thiazole rings is 1. The van der Waals surface area contributed by atoms with E-state index in [1.54, 1.807) is 11.3 Å². The van der Waals surface area contributed by atoms with Crippen molar-refractivity contribution in [3.63, 3.8) is 0 Å². The molecule has 0 atom stereocenters. The van der Waals surface area contributed by atoms with Gasteiger partial charge in [-0.05, 0) is 18.1 Å². The molecular formula is C19H17N3OS2. The number of carbonyl (C=O) groups is 1. The Bertz CT molecular complexity index is 906. The summed E-state index contributed by atoms with van der Waals surface area (Å²) in [5.74, 6) is -0.141. The molecule has 3 rings (SSSR count). The van der Waals surface area contributed by atoms with E-state index in [0.717, 1.165) is 28.4 Å². The number of benzene rings is 1. The molecule has 0 saturated heterocycles. The van der Waals surface area contributed by atoms with Crippen molar-refractivity contribution in [3.05, 3.63) is 68.5 Å². The highest BCUT2D eigenvalue weighted by Crippen LogP contribution is 2.28. The molecule has 0 fully saturated rings. The Morgan fingerprint density at radius 2 is 2.12 bits per heavy atom. The summed E-state index contributed by atoms with van der Waals surface area (Å²) in [6.45, 7) is 2.03. The van der Waals surface area contributed by atoms with E-state index in [2.05, 4.69) is 28.5 Å². The molecule has 3 aromatic rings. The van der Waals surface area contributed by atoms with Gasteiger partial charge in [0.1, 0.15) is 11.1 Å². The van der Waals surface area contributed by atoms with Gasteiger partial charge in [0.05, 0.1) is 22.7 Å². The maximum absolute atomic E-state index is 12.3. The fraction of sp³-hybridized carbons (Fsp3) is 0.211. The summed E-state index contributed by atoms with van der Waals surface area (Å²) in [7, 11) is 0. The molecule has 0 bridgehead atoms. The van der Waals surface area contributed by atoms with Gasteiger partial charge in [0.2, 0.25) is 5.91 Å². The number of hydrogen-bond acceptors (Lipinski definition) is 5. The lowest BCUT2D eigenvalue weighted by Crippen LogP contribution is -2.14. The van der Waals surface area contributed by atoms with Crippen LogP contribution in [0.4, 0.5) is 5.00 Å². The first kappa shape index (κ1) is 17.3. The van der Waals surface area contributed by atoms with Crippen LogP contribution in [0.25, 0.3) is 0 Å². The third kappa shape index (κ3) is 4.53. The summed E-state index contributed by atoms with van der Waals surface area (Å²) in [4.78, 5) is 17.9. The number of rotatable bonds is 6. The maximum atomic E-state index is 12.3. The minimum atomic E-state index is -0.141. The number of nitrogens with one attached hydrogen (secondary N) is 1. The van der Waals surface area contributed by atoms with Crippen molar-refractivity contribution >= 4 is 33.6 Å². The number of nitriles is 1. The summed E-state index contributed by atoms with van der Waals surface area (Å²) >= 11 is 3.02. The highest BCUT2D eigenvalue weighted by molar-refractivity contribution is 7.16. The van der Waals surface area contributed by atoms with Crippen LogP contribution < -0.4 is 5.32 Å². The third-order valence-corrected chi connectivity index (χ3v) is 5.74. The molecule has 0 radical (unpaired) electrons. The number of nitrogens with zero attached hydrogens (tertiary/aromatic N) is 2. The number of anilines is 1. The molecule has 0 aliphatic rings. The molecule has 1 amide bonds. The van der Waals surface area contributed by atoms with Crippen LogP contribution in [0.5, 0.6) is 0 Å². The summed E-state index contributed by atoms with van der Waals surface area (Å²) in [5, 5.41) is 15.6. The van der Waals surface area contributed by atoms with Crippen molar-refractivity contribution in [3.8, 4) is 6.07 Å². The van der Waals surface area contributed by atoms with Crippen LogP contribution in [0.2, 0.25) is 0 Å². The van der Waals surface area contributed by atoms with E-state index in [0.29, 0.717) is 10.6 Å². The average molecular weight is 367 g/mol. The van der Waals surface area contributed by atoms with Crippen LogP contribution in [0.15, 0.2) is 41.8 Å². The van der Waals surface area contributed by atoms with Crippen LogP contribution in [0.1, 0.15) is 33.6 Å². The second kappa shape index (κ2) is 8.06. The quantitative estimate of drug-likeness (QED) is 0.702. The Balaban J connectivity index is 1.62. The summed E-state index contributed by atoms with van der Waals surface area (Å²) in [5.41, 5.74) is 2.50. The van der Waals surface area contributed by atoms with E-state index in [9.17, 15) is 4.79 Å². The smallest absolute Gasteiger partial charge is 0.231 e. The van der Waals surface area contributed by atoms with Gasteiger partial charge in [-0.3, -0.25) is 4.79 Å². The predicted octanol–water partition coefficient (Wildman–Crippen LogP) is 4.41. The van der Waals surface area contributed by atoms with Gasteiger partial charge in [-0.25, -0.2) is 4.98 Å². The fourth-order valence-corrected chi connectivity index (χ4v) is 4.20. The second-order valence-corrected chi connectivity index (χ2v) is 7.62. The maximum Gasteiger partial charge on any atom is 0.231 e.